The first kappa shape index (κ1) is 21.0. The van der Waals surface area contributed by atoms with Gasteiger partial charge in [0.25, 0.3) is 10.1 Å². The van der Waals surface area contributed by atoms with E-state index in [4.69, 9.17) is 9.47 Å². The average molecular weight is 404 g/mol. The summed E-state index contributed by atoms with van der Waals surface area (Å²) in [6.07, 6.45) is -3.89. The molecule has 0 radical (unpaired) electrons. The van der Waals surface area contributed by atoms with Crippen molar-refractivity contribution in [3.63, 3.8) is 0 Å². The van der Waals surface area contributed by atoms with E-state index in [9.17, 15) is 21.6 Å². The van der Waals surface area contributed by atoms with Crippen molar-refractivity contribution in [2.24, 2.45) is 0 Å². The number of ether oxygens (including phenoxy) is 2. The molecule has 0 aliphatic heterocycles. The zero-order valence-electron chi connectivity index (χ0n) is 14.7. The van der Waals surface area contributed by atoms with Crippen molar-refractivity contribution in [3.05, 3.63) is 54.1 Å². The molecule has 0 aliphatic carbocycles. The van der Waals surface area contributed by atoms with Crippen molar-refractivity contribution in [3.8, 4) is 17.2 Å². The van der Waals surface area contributed by atoms with E-state index in [2.05, 4.69) is 4.18 Å². The third-order valence-electron chi connectivity index (χ3n) is 3.39. The van der Waals surface area contributed by atoms with E-state index in [0.717, 1.165) is 18.4 Å². The molecule has 0 aliphatic rings. The maximum absolute atomic E-state index is 13.0. The van der Waals surface area contributed by atoms with E-state index in [1.165, 1.54) is 6.07 Å². The molecule has 0 saturated carbocycles. The highest BCUT2D eigenvalue weighted by Crippen LogP contribution is 2.38. The summed E-state index contributed by atoms with van der Waals surface area (Å²) >= 11 is 0. The zero-order valence-corrected chi connectivity index (χ0v) is 15.5. The number of hydrogen-bond acceptors (Lipinski definition) is 5. The third-order valence-corrected chi connectivity index (χ3v) is 3.99. The smallest absolute Gasteiger partial charge is 0.416 e. The molecule has 148 valence electrons. The first-order chi connectivity index (χ1) is 12.5. The Balaban J connectivity index is 2.18. The van der Waals surface area contributed by atoms with Crippen molar-refractivity contribution in [1.29, 1.82) is 0 Å². The van der Waals surface area contributed by atoms with Crippen LogP contribution >= 0.6 is 0 Å². The van der Waals surface area contributed by atoms with Gasteiger partial charge in [-0.25, -0.2) is 0 Å². The largest absolute Gasteiger partial charge is 0.487 e. The van der Waals surface area contributed by atoms with Crippen LogP contribution in [0.1, 0.15) is 18.9 Å². The molecule has 1 atom stereocenters. The summed E-state index contributed by atoms with van der Waals surface area (Å²) in [5.74, 6) is 0.375. The maximum Gasteiger partial charge on any atom is 0.416 e. The highest BCUT2D eigenvalue weighted by Gasteiger charge is 2.31. The van der Waals surface area contributed by atoms with E-state index in [1.807, 2.05) is 0 Å². The lowest BCUT2D eigenvalue weighted by Crippen LogP contribution is -2.17. The molecule has 0 amide bonds. The molecule has 0 heterocycles. The molecule has 0 saturated heterocycles. The molecule has 2 aromatic carbocycles. The van der Waals surface area contributed by atoms with Gasteiger partial charge in [0, 0.05) is 6.42 Å². The molecular formula is C18H19F3O5S. The van der Waals surface area contributed by atoms with Crippen LogP contribution in [0.5, 0.6) is 17.2 Å². The summed E-state index contributed by atoms with van der Waals surface area (Å²) in [6, 6.07) is 11.3. The SMILES string of the molecule is C[C@H](CCOS(C)(=O)=O)Oc1ccc(C(F)(F)F)cc1Oc1ccccc1. The fourth-order valence-corrected chi connectivity index (χ4v) is 2.52. The average Bonchev–Trinajstić information content (AvgIpc) is 2.55. The number of hydrogen-bond donors (Lipinski definition) is 0. The lowest BCUT2D eigenvalue weighted by molar-refractivity contribution is -0.137. The number of halogens is 3. The van der Waals surface area contributed by atoms with Crippen LogP contribution in [-0.4, -0.2) is 27.4 Å². The highest BCUT2D eigenvalue weighted by molar-refractivity contribution is 7.85. The predicted molar refractivity (Wildman–Crippen MR) is 93.5 cm³/mol. The second kappa shape index (κ2) is 8.62. The second-order valence-corrected chi connectivity index (χ2v) is 7.46. The van der Waals surface area contributed by atoms with Crippen LogP contribution in [0.2, 0.25) is 0 Å². The zero-order chi connectivity index (χ0) is 20.1. The van der Waals surface area contributed by atoms with Crippen LogP contribution < -0.4 is 9.47 Å². The minimum atomic E-state index is -4.53. The van der Waals surface area contributed by atoms with Gasteiger partial charge in [-0.15, -0.1) is 0 Å². The molecule has 27 heavy (non-hydrogen) atoms. The number of rotatable bonds is 8. The molecule has 9 heteroatoms. The van der Waals surface area contributed by atoms with Gasteiger partial charge in [0.1, 0.15) is 5.75 Å². The van der Waals surface area contributed by atoms with Crippen molar-refractivity contribution < 1.29 is 35.2 Å². The van der Waals surface area contributed by atoms with Gasteiger partial charge in [0.05, 0.1) is 24.5 Å². The topological polar surface area (TPSA) is 61.8 Å². The Morgan fingerprint density at radius 1 is 1.04 bits per heavy atom. The van der Waals surface area contributed by atoms with E-state index in [1.54, 1.807) is 37.3 Å². The Morgan fingerprint density at radius 2 is 1.70 bits per heavy atom. The molecule has 0 fully saturated rings. The summed E-state index contributed by atoms with van der Waals surface area (Å²) in [5, 5.41) is 0. The molecule has 0 N–H and O–H groups in total. The molecule has 0 aromatic heterocycles. The van der Waals surface area contributed by atoms with Crippen LogP contribution in [0.4, 0.5) is 13.2 Å². The van der Waals surface area contributed by atoms with Gasteiger partial charge >= 0.3 is 6.18 Å². The Bertz CT molecular complexity index is 851. The maximum atomic E-state index is 13.0. The van der Waals surface area contributed by atoms with Gasteiger partial charge in [-0.3, -0.25) is 4.18 Å². The quantitative estimate of drug-likeness (QED) is 0.601. The summed E-state index contributed by atoms with van der Waals surface area (Å²) in [5.41, 5.74) is -0.867. The van der Waals surface area contributed by atoms with E-state index < -0.39 is 28.0 Å². The predicted octanol–water partition coefficient (Wildman–Crippen LogP) is 4.63. The fraction of sp³-hybridized carbons (Fsp3) is 0.333. The molecule has 5 nitrogen and oxygen atoms in total. The third kappa shape index (κ3) is 7.10. The van der Waals surface area contributed by atoms with Crippen LogP contribution in [0.15, 0.2) is 48.5 Å². The van der Waals surface area contributed by atoms with Gasteiger partial charge in [0.15, 0.2) is 11.5 Å². The molecule has 0 spiro atoms. The Labute approximate surface area is 155 Å². The lowest BCUT2D eigenvalue weighted by atomic mass is 10.2. The minimum Gasteiger partial charge on any atom is -0.487 e. The first-order valence-electron chi connectivity index (χ1n) is 8.00. The van der Waals surface area contributed by atoms with Crippen molar-refractivity contribution in [2.45, 2.75) is 25.6 Å². The van der Waals surface area contributed by atoms with Gasteiger partial charge in [-0.05, 0) is 37.3 Å². The van der Waals surface area contributed by atoms with Crippen LogP contribution in [0.25, 0.3) is 0 Å². The lowest BCUT2D eigenvalue weighted by Gasteiger charge is -2.19. The van der Waals surface area contributed by atoms with Gasteiger partial charge in [-0.2, -0.15) is 21.6 Å². The molecule has 2 aromatic rings. The standard InChI is InChI=1S/C18H19F3O5S/c1-13(10-11-24-27(2,22)23)25-16-9-8-14(18(19,20)21)12-17(16)26-15-6-4-3-5-7-15/h3-9,12-13H,10-11H2,1-2H3/t13-/m1/s1. The number of para-hydroxylation sites is 1. The summed E-state index contributed by atoms with van der Waals surface area (Å²) < 4.78 is 76.8. The number of benzene rings is 2. The Hall–Kier alpha value is -2.26. The van der Waals surface area contributed by atoms with E-state index in [0.29, 0.717) is 5.75 Å². The minimum absolute atomic E-state index is 0.0908. The molecule has 0 unspecified atom stereocenters. The summed E-state index contributed by atoms with van der Waals surface area (Å²) in [6.45, 7) is 1.55. The monoisotopic (exact) mass is 404 g/mol. The Kier molecular flexibility index (Phi) is 6.72. The van der Waals surface area contributed by atoms with Crippen molar-refractivity contribution >= 4 is 10.1 Å². The molecule has 0 bridgehead atoms. The summed E-state index contributed by atoms with van der Waals surface area (Å²) in [4.78, 5) is 0. The number of alkyl halides is 3. The van der Waals surface area contributed by atoms with E-state index >= 15 is 0 Å². The van der Waals surface area contributed by atoms with Crippen molar-refractivity contribution in [2.75, 3.05) is 12.9 Å². The molecular weight excluding hydrogens is 385 g/mol. The van der Waals surface area contributed by atoms with Gasteiger partial charge < -0.3 is 9.47 Å². The fourth-order valence-electron chi connectivity index (χ4n) is 2.12. The van der Waals surface area contributed by atoms with E-state index in [-0.39, 0.29) is 24.5 Å². The van der Waals surface area contributed by atoms with Crippen LogP contribution in [-0.2, 0) is 20.5 Å². The van der Waals surface area contributed by atoms with Crippen LogP contribution in [0, 0.1) is 0 Å². The van der Waals surface area contributed by atoms with Gasteiger partial charge in [-0.1, -0.05) is 18.2 Å². The highest BCUT2D eigenvalue weighted by atomic mass is 32.2. The van der Waals surface area contributed by atoms with Crippen molar-refractivity contribution in [1.82, 2.24) is 0 Å². The summed E-state index contributed by atoms with van der Waals surface area (Å²) in [7, 11) is -3.57. The normalized spacial score (nSPS) is 13.2. The van der Waals surface area contributed by atoms with Gasteiger partial charge in [0.2, 0.25) is 0 Å². The first-order valence-corrected chi connectivity index (χ1v) is 9.81. The van der Waals surface area contributed by atoms with Crippen LogP contribution in [0.3, 0.4) is 0 Å². The molecule has 2 rings (SSSR count). The Morgan fingerprint density at radius 3 is 2.30 bits per heavy atom. The second-order valence-electron chi connectivity index (χ2n) is 5.82.